The molecule has 4 heteroatoms. The Morgan fingerprint density at radius 3 is 2.70 bits per heavy atom. The third kappa shape index (κ3) is 3.38. The molecule has 0 spiro atoms. The highest BCUT2D eigenvalue weighted by atomic mass is 16.2. The van der Waals surface area contributed by atoms with E-state index in [1.54, 1.807) is 0 Å². The number of nitrogens with zero attached hydrogens (tertiary/aromatic N) is 1. The van der Waals surface area contributed by atoms with Crippen LogP contribution in [0, 0.1) is 13.8 Å². The second-order valence-corrected chi connectivity index (χ2v) is 5.59. The zero-order valence-electron chi connectivity index (χ0n) is 12.5. The summed E-state index contributed by atoms with van der Waals surface area (Å²) in [5.74, 6) is 0.107. The molecule has 3 N–H and O–H groups in total. The fraction of sp³-hybridized carbons (Fsp3) is 0.562. The van der Waals surface area contributed by atoms with Gasteiger partial charge in [-0.2, -0.15) is 0 Å². The molecule has 1 fully saturated rings. The largest absolute Gasteiger partial charge is 0.329 e. The minimum Gasteiger partial charge on any atom is -0.329 e. The van der Waals surface area contributed by atoms with Crippen LogP contribution in [-0.4, -0.2) is 36.5 Å². The van der Waals surface area contributed by atoms with Crippen molar-refractivity contribution in [2.24, 2.45) is 5.73 Å². The van der Waals surface area contributed by atoms with E-state index in [4.69, 9.17) is 5.73 Å². The van der Waals surface area contributed by atoms with Crippen molar-refractivity contribution in [3.8, 4) is 0 Å². The van der Waals surface area contributed by atoms with Crippen molar-refractivity contribution in [1.29, 1.82) is 0 Å². The lowest BCUT2D eigenvalue weighted by Gasteiger charge is -2.34. The fourth-order valence-electron chi connectivity index (χ4n) is 2.94. The average molecular weight is 275 g/mol. The molecule has 4 nitrogen and oxygen atoms in total. The van der Waals surface area contributed by atoms with Gasteiger partial charge in [0.25, 0.3) is 0 Å². The molecule has 1 aliphatic rings. The van der Waals surface area contributed by atoms with Crippen molar-refractivity contribution in [1.82, 2.24) is 4.90 Å². The molecule has 1 saturated heterocycles. The summed E-state index contributed by atoms with van der Waals surface area (Å²) >= 11 is 0. The van der Waals surface area contributed by atoms with Crippen LogP contribution >= 0.6 is 0 Å². The Bertz CT molecular complexity index is 451. The molecule has 1 aliphatic heterocycles. The number of hydrogen-bond donors (Lipinski definition) is 2. The normalized spacial score (nSPS) is 19.9. The van der Waals surface area contributed by atoms with E-state index in [9.17, 15) is 4.79 Å². The van der Waals surface area contributed by atoms with E-state index in [1.807, 2.05) is 32.0 Å². The standard InChI is InChI=1S/C16H25N3O/c1-12-6-5-7-13(2)15(12)18-16(20)14-8-3-4-10-19(14)11-9-17/h5-7,14H,3-4,8-11,17H2,1-2H3,(H,18,20). The molecule has 0 aliphatic carbocycles. The molecule has 110 valence electrons. The molecule has 0 aromatic heterocycles. The molecule has 0 radical (unpaired) electrons. The summed E-state index contributed by atoms with van der Waals surface area (Å²) in [5, 5.41) is 3.12. The number of nitrogens with two attached hydrogens (primary N) is 1. The Labute approximate surface area is 121 Å². The lowest BCUT2D eigenvalue weighted by Crippen LogP contribution is -2.48. The molecule has 0 saturated carbocycles. The molecule has 2 rings (SSSR count). The van der Waals surface area contributed by atoms with Gasteiger partial charge >= 0.3 is 0 Å². The van der Waals surface area contributed by atoms with Crippen LogP contribution in [0.5, 0.6) is 0 Å². The van der Waals surface area contributed by atoms with Crippen LogP contribution in [0.25, 0.3) is 0 Å². The maximum Gasteiger partial charge on any atom is 0.241 e. The van der Waals surface area contributed by atoms with E-state index in [-0.39, 0.29) is 11.9 Å². The van der Waals surface area contributed by atoms with Gasteiger partial charge in [-0.05, 0) is 44.4 Å². The summed E-state index contributed by atoms with van der Waals surface area (Å²) in [6, 6.07) is 6.04. The van der Waals surface area contributed by atoms with Crippen LogP contribution in [0.15, 0.2) is 18.2 Å². The third-order valence-electron chi connectivity index (χ3n) is 4.06. The number of nitrogens with one attached hydrogen (secondary N) is 1. The summed E-state index contributed by atoms with van der Waals surface area (Å²) < 4.78 is 0. The highest BCUT2D eigenvalue weighted by molar-refractivity contribution is 5.96. The molecule has 1 unspecified atom stereocenters. The average Bonchev–Trinajstić information content (AvgIpc) is 2.44. The SMILES string of the molecule is Cc1cccc(C)c1NC(=O)C1CCCCN1CCN. The van der Waals surface area contributed by atoms with Gasteiger partial charge < -0.3 is 11.1 Å². The number of amides is 1. The Kier molecular flexibility index (Phi) is 5.15. The predicted molar refractivity (Wildman–Crippen MR) is 82.8 cm³/mol. The monoisotopic (exact) mass is 275 g/mol. The first-order valence-electron chi connectivity index (χ1n) is 7.44. The van der Waals surface area contributed by atoms with E-state index >= 15 is 0 Å². The van der Waals surface area contributed by atoms with Gasteiger partial charge in [0, 0.05) is 18.8 Å². The number of hydrogen-bond acceptors (Lipinski definition) is 3. The van der Waals surface area contributed by atoms with Crippen molar-refractivity contribution in [3.05, 3.63) is 29.3 Å². The number of piperidine rings is 1. The molecule has 1 atom stereocenters. The number of likely N-dealkylation sites (tertiary alicyclic amines) is 1. The lowest BCUT2D eigenvalue weighted by molar-refractivity contribution is -0.122. The highest BCUT2D eigenvalue weighted by Gasteiger charge is 2.28. The van der Waals surface area contributed by atoms with Gasteiger partial charge in [-0.1, -0.05) is 24.6 Å². The Balaban J connectivity index is 2.10. The van der Waals surface area contributed by atoms with Crippen molar-refractivity contribution >= 4 is 11.6 Å². The molecule has 1 amide bonds. The quantitative estimate of drug-likeness (QED) is 0.884. The molecular weight excluding hydrogens is 250 g/mol. The maximum atomic E-state index is 12.6. The lowest BCUT2D eigenvalue weighted by atomic mass is 10.0. The predicted octanol–water partition coefficient (Wildman–Crippen LogP) is 2.06. The van der Waals surface area contributed by atoms with Crippen LogP contribution in [0.2, 0.25) is 0 Å². The number of carbonyl (C=O) groups excluding carboxylic acids is 1. The van der Waals surface area contributed by atoms with Crippen LogP contribution in [0.1, 0.15) is 30.4 Å². The molecule has 1 aromatic carbocycles. The van der Waals surface area contributed by atoms with Crippen molar-refractivity contribution in [2.45, 2.75) is 39.2 Å². The number of rotatable bonds is 4. The third-order valence-corrected chi connectivity index (χ3v) is 4.06. The van der Waals surface area contributed by atoms with E-state index in [0.29, 0.717) is 6.54 Å². The van der Waals surface area contributed by atoms with Gasteiger partial charge in [0.1, 0.15) is 0 Å². The van der Waals surface area contributed by atoms with Gasteiger partial charge in [-0.15, -0.1) is 0 Å². The van der Waals surface area contributed by atoms with Crippen LogP contribution < -0.4 is 11.1 Å². The van der Waals surface area contributed by atoms with Crippen molar-refractivity contribution < 1.29 is 4.79 Å². The molecule has 20 heavy (non-hydrogen) atoms. The number of aryl methyl sites for hydroxylation is 2. The Hall–Kier alpha value is -1.39. The van der Waals surface area contributed by atoms with Crippen molar-refractivity contribution in [2.75, 3.05) is 25.0 Å². The van der Waals surface area contributed by atoms with Gasteiger partial charge in [-0.25, -0.2) is 0 Å². The number of anilines is 1. The number of carbonyl (C=O) groups is 1. The minimum absolute atomic E-state index is 0.0358. The summed E-state index contributed by atoms with van der Waals surface area (Å²) in [5.41, 5.74) is 8.82. The van der Waals surface area contributed by atoms with E-state index in [1.165, 1.54) is 0 Å². The van der Waals surface area contributed by atoms with Crippen LogP contribution in [0.3, 0.4) is 0 Å². The molecule has 1 heterocycles. The Morgan fingerprint density at radius 2 is 2.05 bits per heavy atom. The zero-order valence-corrected chi connectivity index (χ0v) is 12.5. The van der Waals surface area contributed by atoms with E-state index in [2.05, 4.69) is 10.2 Å². The van der Waals surface area contributed by atoms with Gasteiger partial charge in [0.15, 0.2) is 0 Å². The number of benzene rings is 1. The second-order valence-electron chi connectivity index (χ2n) is 5.59. The summed E-state index contributed by atoms with van der Waals surface area (Å²) in [6.45, 7) is 6.43. The van der Waals surface area contributed by atoms with Crippen molar-refractivity contribution in [3.63, 3.8) is 0 Å². The molecule has 1 aromatic rings. The Morgan fingerprint density at radius 1 is 1.35 bits per heavy atom. The summed E-state index contributed by atoms with van der Waals surface area (Å²) in [4.78, 5) is 14.8. The summed E-state index contributed by atoms with van der Waals surface area (Å²) in [6.07, 6.45) is 3.20. The second kappa shape index (κ2) is 6.86. The first-order valence-corrected chi connectivity index (χ1v) is 7.44. The smallest absolute Gasteiger partial charge is 0.241 e. The highest BCUT2D eigenvalue weighted by Crippen LogP contribution is 2.22. The van der Waals surface area contributed by atoms with Gasteiger partial charge in [0.2, 0.25) is 5.91 Å². The first kappa shape index (κ1) is 15.0. The number of para-hydroxylation sites is 1. The maximum absolute atomic E-state index is 12.6. The topological polar surface area (TPSA) is 58.4 Å². The minimum atomic E-state index is -0.0358. The van der Waals surface area contributed by atoms with Crippen LogP contribution in [0.4, 0.5) is 5.69 Å². The van der Waals surface area contributed by atoms with Gasteiger partial charge in [0.05, 0.1) is 6.04 Å². The van der Waals surface area contributed by atoms with Crippen LogP contribution in [-0.2, 0) is 4.79 Å². The molecular formula is C16H25N3O. The molecule has 0 bridgehead atoms. The first-order chi connectivity index (χ1) is 9.63. The summed E-state index contributed by atoms with van der Waals surface area (Å²) in [7, 11) is 0. The zero-order chi connectivity index (χ0) is 14.5. The fourth-order valence-corrected chi connectivity index (χ4v) is 2.94. The van der Waals surface area contributed by atoms with E-state index in [0.717, 1.165) is 49.2 Å². The van der Waals surface area contributed by atoms with E-state index < -0.39 is 0 Å². The van der Waals surface area contributed by atoms with Gasteiger partial charge in [-0.3, -0.25) is 9.69 Å².